The van der Waals surface area contributed by atoms with Gasteiger partial charge in [0.15, 0.2) is 5.82 Å². The Balaban J connectivity index is 0.000000230. The van der Waals surface area contributed by atoms with Gasteiger partial charge in [-0.15, -0.1) is 21.5 Å². The van der Waals surface area contributed by atoms with Crippen LogP contribution in [0.4, 0.5) is 10.1 Å². The van der Waals surface area contributed by atoms with Crippen LogP contribution in [0.3, 0.4) is 0 Å². The van der Waals surface area contributed by atoms with Crippen LogP contribution in [0.5, 0.6) is 0 Å². The van der Waals surface area contributed by atoms with Crippen molar-refractivity contribution in [2.75, 3.05) is 5.32 Å². The largest absolute Gasteiger partial charge is 0.364 e. The Hall–Kier alpha value is -3.99. The standard InChI is InChI=1S/C15H12FN5OS.C6H6N2O/c16-9-3-4-17-12(5-9)15(22)19-10-6-13(23-7-10)14-20-18-8-21(14)11-1-2-11;7-6(9)5-3-1-2-4-8-5/h3-8,11H,1-2H2,(H,19,22);1-4H,(H2,7,9). The highest BCUT2D eigenvalue weighted by Crippen LogP contribution is 2.39. The minimum Gasteiger partial charge on any atom is -0.364 e. The van der Waals surface area contributed by atoms with Gasteiger partial charge in [0, 0.05) is 29.9 Å². The molecule has 5 rings (SSSR count). The third kappa shape index (κ3) is 5.19. The van der Waals surface area contributed by atoms with Crippen LogP contribution >= 0.6 is 11.3 Å². The van der Waals surface area contributed by atoms with E-state index in [-0.39, 0.29) is 5.69 Å². The Morgan fingerprint density at radius 2 is 1.94 bits per heavy atom. The second kappa shape index (κ2) is 9.43. The Kier molecular flexibility index (Phi) is 6.26. The second-order valence-electron chi connectivity index (χ2n) is 6.89. The lowest BCUT2D eigenvalue weighted by Gasteiger charge is -2.02. The third-order valence-electron chi connectivity index (χ3n) is 4.46. The fourth-order valence-electron chi connectivity index (χ4n) is 2.79. The molecule has 1 saturated carbocycles. The molecule has 4 aromatic heterocycles. The topological polar surface area (TPSA) is 129 Å². The summed E-state index contributed by atoms with van der Waals surface area (Å²) in [6.45, 7) is 0. The number of rotatable bonds is 5. The second-order valence-corrected chi connectivity index (χ2v) is 7.80. The number of nitrogens with zero attached hydrogens (tertiary/aromatic N) is 5. The number of halogens is 1. The molecule has 1 aliphatic carbocycles. The van der Waals surface area contributed by atoms with Crippen molar-refractivity contribution in [3.05, 3.63) is 77.7 Å². The number of carbonyl (C=O) groups excluding carboxylic acids is 2. The van der Waals surface area contributed by atoms with Crippen molar-refractivity contribution in [1.29, 1.82) is 0 Å². The summed E-state index contributed by atoms with van der Waals surface area (Å²) < 4.78 is 15.2. The van der Waals surface area contributed by atoms with Crippen molar-refractivity contribution < 1.29 is 14.0 Å². The van der Waals surface area contributed by atoms with E-state index in [1.54, 1.807) is 24.5 Å². The smallest absolute Gasteiger partial charge is 0.274 e. The molecule has 0 radical (unpaired) electrons. The molecule has 0 unspecified atom stereocenters. The quantitative estimate of drug-likeness (QED) is 0.479. The number of hydrogen-bond donors (Lipinski definition) is 2. The first-order chi connectivity index (χ1) is 15.5. The molecule has 0 saturated heterocycles. The van der Waals surface area contributed by atoms with Crippen molar-refractivity contribution >= 4 is 28.8 Å². The average Bonchev–Trinajstić information content (AvgIpc) is 3.34. The van der Waals surface area contributed by atoms with Gasteiger partial charge in [0.2, 0.25) is 0 Å². The fourth-order valence-corrected chi connectivity index (χ4v) is 3.62. The molecular formula is C21H18FN7O2S. The SMILES string of the molecule is NC(=O)c1ccccn1.O=C(Nc1csc(-c2nncn2C2CC2)c1)c1cc(F)ccn1. The normalized spacial score (nSPS) is 12.5. The number of nitrogens with two attached hydrogens (primary N) is 1. The van der Waals surface area contributed by atoms with Gasteiger partial charge in [-0.25, -0.2) is 4.39 Å². The van der Waals surface area contributed by atoms with E-state index in [1.807, 2.05) is 11.4 Å². The lowest BCUT2D eigenvalue weighted by Crippen LogP contribution is -2.13. The summed E-state index contributed by atoms with van der Waals surface area (Å²) in [7, 11) is 0. The molecule has 162 valence electrons. The third-order valence-corrected chi connectivity index (χ3v) is 5.39. The highest BCUT2D eigenvalue weighted by atomic mass is 32.1. The van der Waals surface area contributed by atoms with Crippen LogP contribution < -0.4 is 11.1 Å². The zero-order valence-corrected chi connectivity index (χ0v) is 17.5. The van der Waals surface area contributed by atoms with E-state index in [4.69, 9.17) is 5.73 Å². The molecule has 1 aliphatic rings. The van der Waals surface area contributed by atoms with Crippen molar-refractivity contribution in [1.82, 2.24) is 24.7 Å². The van der Waals surface area contributed by atoms with Crippen LogP contribution in [-0.2, 0) is 0 Å². The van der Waals surface area contributed by atoms with Crippen molar-refractivity contribution in [3.8, 4) is 10.7 Å². The molecule has 4 aromatic rings. The maximum absolute atomic E-state index is 13.1. The summed E-state index contributed by atoms with van der Waals surface area (Å²) in [4.78, 5) is 30.9. The summed E-state index contributed by atoms with van der Waals surface area (Å²) in [5.41, 5.74) is 5.89. The first-order valence-electron chi connectivity index (χ1n) is 9.63. The average molecular weight is 451 g/mol. The van der Waals surface area contributed by atoms with E-state index in [0.29, 0.717) is 17.4 Å². The van der Waals surface area contributed by atoms with E-state index in [2.05, 4.69) is 30.0 Å². The van der Waals surface area contributed by atoms with Gasteiger partial charge in [0.25, 0.3) is 11.8 Å². The van der Waals surface area contributed by atoms with Crippen LogP contribution in [0.25, 0.3) is 10.7 Å². The molecule has 11 heteroatoms. The molecule has 32 heavy (non-hydrogen) atoms. The Morgan fingerprint density at radius 3 is 2.59 bits per heavy atom. The van der Waals surface area contributed by atoms with Gasteiger partial charge in [0.1, 0.15) is 23.5 Å². The van der Waals surface area contributed by atoms with Crippen molar-refractivity contribution in [2.24, 2.45) is 5.73 Å². The zero-order valence-electron chi connectivity index (χ0n) is 16.7. The van der Waals surface area contributed by atoms with Gasteiger partial charge >= 0.3 is 0 Å². The molecule has 3 N–H and O–H groups in total. The lowest BCUT2D eigenvalue weighted by atomic mass is 10.3. The van der Waals surface area contributed by atoms with Gasteiger partial charge in [0.05, 0.1) is 10.6 Å². The van der Waals surface area contributed by atoms with Crippen molar-refractivity contribution in [3.63, 3.8) is 0 Å². The first-order valence-corrected chi connectivity index (χ1v) is 10.5. The number of pyridine rings is 2. The number of anilines is 1. The van der Waals surface area contributed by atoms with Crippen LogP contribution in [0.15, 0.2) is 60.5 Å². The molecule has 0 aromatic carbocycles. The number of aromatic nitrogens is 5. The highest BCUT2D eigenvalue weighted by Gasteiger charge is 2.27. The molecule has 0 spiro atoms. The first kappa shape index (κ1) is 21.2. The van der Waals surface area contributed by atoms with Crippen molar-refractivity contribution in [2.45, 2.75) is 18.9 Å². The molecule has 4 heterocycles. The molecule has 2 amide bonds. The lowest BCUT2D eigenvalue weighted by molar-refractivity contribution is 0.0993. The summed E-state index contributed by atoms with van der Waals surface area (Å²) in [5, 5.41) is 12.7. The number of amides is 2. The van der Waals surface area contributed by atoms with E-state index >= 15 is 0 Å². The summed E-state index contributed by atoms with van der Waals surface area (Å²) in [6.07, 6.45) is 6.82. The maximum Gasteiger partial charge on any atom is 0.274 e. The summed E-state index contributed by atoms with van der Waals surface area (Å²) in [6, 6.07) is 9.64. The van der Waals surface area contributed by atoms with Crippen LogP contribution in [-0.4, -0.2) is 36.5 Å². The molecular weight excluding hydrogens is 433 g/mol. The van der Waals surface area contributed by atoms with E-state index in [1.165, 1.54) is 29.8 Å². The zero-order chi connectivity index (χ0) is 22.5. The predicted molar refractivity (Wildman–Crippen MR) is 117 cm³/mol. The van der Waals surface area contributed by atoms with Gasteiger partial charge in [-0.05, 0) is 37.1 Å². The molecule has 0 bridgehead atoms. The minimum atomic E-state index is -0.492. The Morgan fingerprint density at radius 1 is 1.12 bits per heavy atom. The number of nitrogens with one attached hydrogen (secondary N) is 1. The summed E-state index contributed by atoms with van der Waals surface area (Å²) in [5.74, 6) is -0.622. The number of thiophene rings is 1. The Labute approximate surface area is 186 Å². The van der Waals surface area contributed by atoms with Gasteiger partial charge in [-0.1, -0.05) is 6.07 Å². The fraction of sp³-hybridized carbons (Fsp3) is 0.143. The monoisotopic (exact) mass is 451 g/mol. The molecule has 9 nitrogen and oxygen atoms in total. The highest BCUT2D eigenvalue weighted by molar-refractivity contribution is 7.14. The minimum absolute atomic E-state index is 0.0406. The van der Waals surface area contributed by atoms with Gasteiger partial charge in [-0.2, -0.15) is 0 Å². The number of primary amides is 1. The van der Waals surface area contributed by atoms with Crippen LogP contribution in [0.2, 0.25) is 0 Å². The number of carbonyl (C=O) groups is 2. The van der Waals surface area contributed by atoms with Gasteiger partial charge in [-0.3, -0.25) is 19.6 Å². The summed E-state index contributed by atoms with van der Waals surface area (Å²) >= 11 is 1.47. The maximum atomic E-state index is 13.1. The van der Waals surface area contributed by atoms with Crippen LogP contribution in [0.1, 0.15) is 39.9 Å². The number of hydrogen-bond acceptors (Lipinski definition) is 7. The molecule has 0 atom stereocenters. The van der Waals surface area contributed by atoms with Gasteiger partial charge < -0.3 is 15.6 Å². The predicted octanol–water partition coefficient (Wildman–Crippen LogP) is 3.31. The molecule has 0 aliphatic heterocycles. The van der Waals surface area contributed by atoms with Crippen LogP contribution in [0, 0.1) is 5.82 Å². The van der Waals surface area contributed by atoms with E-state index in [9.17, 15) is 14.0 Å². The van der Waals surface area contributed by atoms with E-state index < -0.39 is 17.6 Å². The molecule has 1 fully saturated rings. The van der Waals surface area contributed by atoms with E-state index in [0.717, 1.165) is 29.6 Å². The Bertz CT molecular complexity index is 1240.